The summed E-state index contributed by atoms with van der Waals surface area (Å²) in [6.07, 6.45) is -4.50. The zero-order valence-corrected chi connectivity index (χ0v) is 8.30. The first kappa shape index (κ1) is 12.1. The summed E-state index contributed by atoms with van der Waals surface area (Å²) < 4.78 is 40.6. The largest absolute Gasteiger partial charge is 0.405 e. The number of morpholine rings is 1. The molecule has 88 valence electrons. The molecule has 2 amide bonds. The fourth-order valence-electron chi connectivity index (χ4n) is 1.29. The molecule has 0 aromatic carbocycles. The average molecular weight is 226 g/mol. The molecule has 15 heavy (non-hydrogen) atoms. The van der Waals surface area contributed by atoms with Crippen molar-refractivity contribution in [2.24, 2.45) is 0 Å². The molecule has 1 aliphatic heterocycles. The summed E-state index contributed by atoms with van der Waals surface area (Å²) in [5.41, 5.74) is 0. The minimum absolute atomic E-state index is 0.129. The Bertz CT molecular complexity index is 232. The summed E-state index contributed by atoms with van der Waals surface area (Å²) in [5, 5.41) is 1.82. The lowest BCUT2D eigenvalue weighted by molar-refractivity contribution is -0.123. The lowest BCUT2D eigenvalue weighted by Gasteiger charge is -2.31. The van der Waals surface area contributed by atoms with E-state index in [-0.39, 0.29) is 6.10 Å². The fraction of sp³-hybridized carbons (Fsp3) is 0.875. The molecule has 1 aliphatic rings. The van der Waals surface area contributed by atoms with E-state index in [1.165, 1.54) is 4.90 Å². The number of hydrogen-bond donors (Lipinski definition) is 1. The summed E-state index contributed by atoms with van der Waals surface area (Å²) in [4.78, 5) is 12.6. The molecule has 0 aromatic rings. The molecule has 1 fully saturated rings. The highest BCUT2D eigenvalue weighted by Crippen LogP contribution is 2.12. The minimum atomic E-state index is -4.37. The van der Waals surface area contributed by atoms with E-state index < -0.39 is 18.8 Å². The van der Waals surface area contributed by atoms with Crippen molar-refractivity contribution in [1.29, 1.82) is 0 Å². The van der Waals surface area contributed by atoms with Crippen LogP contribution in [-0.2, 0) is 4.74 Å². The minimum Gasteiger partial charge on any atom is -0.375 e. The predicted octanol–water partition coefficient (Wildman–Crippen LogP) is 0.979. The van der Waals surface area contributed by atoms with E-state index in [0.717, 1.165) is 0 Å². The summed E-state index contributed by atoms with van der Waals surface area (Å²) in [6.45, 7) is 1.49. The van der Waals surface area contributed by atoms with Gasteiger partial charge >= 0.3 is 12.2 Å². The summed E-state index contributed by atoms with van der Waals surface area (Å²) in [6, 6.07) is -0.692. The van der Waals surface area contributed by atoms with Crippen LogP contribution >= 0.6 is 0 Å². The number of nitrogens with one attached hydrogen (secondary N) is 1. The van der Waals surface area contributed by atoms with Crippen LogP contribution in [0, 0.1) is 0 Å². The highest BCUT2D eigenvalue weighted by Gasteiger charge is 2.29. The van der Waals surface area contributed by atoms with Gasteiger partial charge in [0.15, 0.2) is 0 Å². The molecule has 0 radical (unpaired) electrons. The Hall–Kier alpha value is -0.980. The number of hydrogen-bond acceptors (Lipinski definition) is 2. The Labute approximate surface area is 85.4 Å². The number of rotatable bonds is 1. The summed E-state index contributed by atoms with van der Waals surface area (Å²) in [7, 11) is 0. The van der Waals surface area contributed by atoms with Gasteiger partial charge in [-0.05, 0) is 6.92 Å². The predicted molar refractivity (Wildman–Crippen MR) is 46.4 cm³/mol. The monoisotopic (exact) mass is 226 g/mol. The molecule has 1 rings (SSSR count). The van der Waals surface area contributed by atoms with Crippen molar-refractivity contribution in [3.05, 3.63) is 0 Å². The first-order chi connectivity index (χ1) is 6.88. The molecule has 0 aromatic heterocycles. The van der Waals surface area contributed by atoms with E-state index in [1.54, 1.807) is 6.92 Å². The van der Waals surface area contributed by atoms with Gasteiger partial charge in [0.1, 0.15) is 6.54 Å². The zero-order chi connectivity index (χ0) is 11.5. The zero-order valence-electron chi connectivity index (χ0n) is 8.30. The Balaban J connectivity index is 2.33. The molecule has 0 aliphatic carbocycles. The van der Waals surface area contributed by atoms with Gasteiger partial charge in [0, 0.05) is 13.1 Å². The highest BCUT2D eigenvalue weighted by molar-refractivity contribution is 5.74. The highest BCUT2D eigenvalue weighted by atomic mass is 19.4. The number of ether oxygens (including phenoxy) is 1. The molecule has 1 unspecified atom stereocenters. The van der Waals surface area contributed by atoms with Crippen molar-refractivity contribution >= 4 is 6.03 Å². The molecule has 1 saturated heterocycles. The molecule has 1 heterocycles. The van der Waals surface area contributed by atoms with Gasteiger partial charge in [-0.3, -0.25) is 0 Å². The SMILES string of the molecule is CC1CN(C(=O)NCC(F)(F)F)CCO1. The van der Waals surface area contributed by atoms with Crippen LogP contribution in [0.15, 0.2) is 0 Å². The van der Waals surface area contributed by atoms with Gasteiger partial charge < -0.3 is 15.0 Å². The molecular weight excluding hydrogens is 213 g/mol. The van der Waals surface area contributed by atoms with E-state index in [0.29, 0.717) is 19.7 Å². The van der Waals surface area contributed by atoms with Gasteiger partial charge in [-0.25, -0.2) is 4.79 Å². The Morgan fingerprint density at radius 3 is 2.80 bits per heavy atom. The first-order valence-electron chi connectivity index (χ1n) is 4.59. The standard InChI is InChI=1S/C8H13F3N2O2/c1-6-4-13(2-3-15-6)7(14)12-5-8(9,10)11/h6H,2-5H2,1H3,(H,12,14). The molecule has 0 bridgehead atoms. The van der Waals surface area contributed by atoms with Gasteiger partial charge in [0.05, 0.1) is 12.7 Å². The van der Waals surface area contributed by atoms with E-state index in [1.807, 2.05) is 5.32 Å². The normalized spacial score (nSPS) is 22.7. The summed E-state index contributed by atoms with van der Waals surface area (Å²) in [5.74, 6) is 0. The van der Waals surface area contributed by atoms with Gasteiger partial charge in [-0.15, -0.1) is 0 Å². The molecule has 1 N–H and O–H groups in total. The third-order valence-electron chi connectivity index (χ3n) is 1.97. The van der Waals surface area contributed by atoms with Gasteiger partial charge in [0.25, 0.3) is 0 Å². The Kier molecular flexibility index (Phi) is 3.78. The van der Waals surface area contributed by atoms with E-state index in [9.17, 15) is 18.0 Å². The second-order valence-electron chi connectivity index (χ2n) is 3.40. The van der Waals surface area contributed by atoms with Crippen LogP contribution in [0.4, 0.5) is 18.0 Å². The number of carbonyl (C=O) groups is 1. The molecule has 0 saturated carbocycles. The smallest absolute Gasteiger partial charge is 0.375 e. The third-order valence-corrected chi connectivity index (χ3v) is 1.97. The average Bonchev–Trinajstić information content (AvgIpc) is 2.13. The van der Waals surface area contributed by atoms with Crippen molar-refractivity contribution in [2.75, 3.05) is 26.2 Å². The van der Waals surface area contributed by atoms with Crippen molar-refractivity contribution in [1.82, 2.24) is 10.2 Å². The van der Waals surface area contributed by atoms with E-state index in [4.69, 9.17) is 4.74 Å². The van der Waals surface area contributed by atoms with Crippen molar-refractivity contribution < 1.29 is 22.7 Å². The first-order valence-corrected chi connectivity index (χ1v) is 4.59. The number of urea groups is 1. The molecule has 7 heteroatoms. The van der Waals surface area contributed by atoms with Crippen LogP contribution in [0.1, 0.15) is 6.92 Å². The molecular formula is C8H13F3N2O2. The van der Waals surface area contributed by atoms with E-state index in [2.05, 4.69) is 0 Å². The third kappa shape index (κ3) is 4.37. The van der Waals surface area contributed by atoms with Crippen molar-refractivity contribution in [3.63, 3.8) is 0 Å². The van der Waals surface area contributed by atoms with Crippen LogP contribution in [0.2, 0.25) is 0 Å². The quantitative estimate of drug-likeness (QED) is 0.724. The number of halogens is 3. The van der Waals surface area contributed by atoms with Crippen LogP contribution in [0.5, 0.6) is 0 Å². The lowest BCUT2D eigenvalue weighted by atomic mass is 10.3. The Morgan fingerprint density at radius 1 is 1.60 bits per heavy atom. The topological polar surface area (TPSA) is 41.6 Å². The number of alkyl halides is 3. The van der Waals surface area contributed by atoms with Gasteiger partial charge in [-0.1, -0.05) is 0 Å². The number of carbonyl (C=O) groups excluding carboxylic acids is 1. The Morgan fingerprint density at radius 2 is 2.27 bits per heavy atom. The maximum absolute atomic E-state index is 11.8. The second-order valence-corrected chi connectivity index (χ2v) is 3.40. The van der Waals surface area contributed by atoms with Gasteiger partial charge in [0.2, 0.25) is 0 Å². The van der Waals surface area contributed by atoms with Crippen LogP contribution < -0.4 is 5.32 Å². The van der Waals surface area contributed by atoms with Crippen molar-refractivity contribution in [3.8, 4) is 0 Å². The summed E-state index contributed by atoms with van der Waals surface area (Å²) >= 11 is 0. The van der Waals surface area contributed by atoms with Crippen LogP contribution in [0.3, 0.4) is 0 Å². The van der Waals surface area contributed by atoms with E-state index >= 15 is 0 Å². The van der Waals surface area contributed by atoms with Crippen molar-refractivity contribution in [2.45, 2.75) is 19.2 Å². The lowest BCUT2D eigenvalue weighted by Crippen LogP contribution is -2.50. The molecule has 1 atom stereocenters. The fourth-order valence-corrected chi connectivity index (χ4v) is 1.29. The molecule has 4 nitrogen and oxygen atoms in total. The number of amides is 2. The second kappa shape index (κ2) is 4.69. The maximum atomic E-state index is 11.8. The van der Waals surface area contributed by atoms with Crippen LogP contribution in [0.25, 0.3) is 0 Å². The van der Waals surface area contributed by atoms with Gasteiger partial charge in [-0.2, -0.15) is 13.2 Å². The van der Waals surface area contributed by atoms with Crippen LogP contribution in [-0.4, -0.2) is 49.5 Å². The molecule has 0 spiro atoms. The number of nitrogens with zero attached hydrogens (tertiary/aromatic N) is 1. The maximum Gasteiger partial charge on any atom is 0.405 e.